The molecular formula is C19H25N3O4. The number of aryl methyl sites for hydroxylation is 1. The van der Waals surface area contributed by atoms with Crippen LogP contribution < -0.4 is 0 Å². The van der Waals surface area contributed by atoms with E-state index >= 15 is 0 Å². The van der Waals surface area contributed by atoms with Crippen molar-refractivity contribution in [2.75, 3.05) is 33.5 Å². The van der Waals surface area contributed by atoms with Crippen molar-refractivity contribution in [3.63, 3.8) is 0 Å². The molecule has 0 aliphatic carbocycles. The van der Waals surface area contributed by atoms with E-state index in [1.165, 1.54) is 6.20 Å². The van der Waals surface area contributed by atoms with E-state index < -0.39 is 0 Å². The Hall–Kier alpha value is -2.38. The Labute approximate surface area is 153 Å². The number of aromatic nitrogens is 2. The number of aromatic hydroxyl groups is 1. The molecule has 26 heavy (non-hydrogen) atoms. The molecule has 0 saturated carbocycles. The van der Waals surface area contributed by atoms with Crippen molar-refractivity contribution >= 4 is 5.91 Å². The van der Waals surface area contributed by atoms with E-state index in [1.807, 2.05) is 24.3 Å². The number of methoxy groups -OCH3 is 1. The summed E-state index contributed by atoms with van der Waals surface area (Å²) in [6, 6.07) is 7.74. The molecule has 140 valence electrons. The van der Waals surface area contributed by atoms with Crippen LogP contribution in [0.25, 0.3) is 5.69 Å². The van der Waals surface area contributed by atoms with Gasteiger partial charge in [0.1, 0.15) is 0 Å². The fourth-order valence-electron chi connectivity index (χ4n) is 3.23. The van der Waals surface area contributed by atoms with Gasteiger partial charge in [0.15, 0.2) is 11.4 Å². The number of ether oxygens (including phenoxy) is 2. The van der Waals surface area contributed by atoms with E-state index in [0.717, 1.165) is 17.7 Å². The molecule has 0 unspecified atom stereocenters. The Kier molecular flexibility index (Phi) is 5.90. The third-order valence-corrected chi connectivity index (χ3v) is 4.66. The van der Waals surface area contributed by atoms with Gasteiger partial charge in [0.2, 0.25) is 0 Å². The second kappa shape index (κ2) is 8.33. The predicted octanol–water partition coefficient (Wildman–Crippen LogP) is 2.02. The van der Waals surface area contributed by atoms with Crippen molar-refractivity contribution in [2.24, 2.45) is 0 Å². The molecule has 2 aromatic rings. The molecule has 0 spiro atoms. The van der Waals surface area contributed by atoms with Crippen molar-refractivity contribution in [1.82, 2.24) is 14.7 Å². The van der Waals surface area contributed by atoms with Crippen molar-refractivity contribution in [3.05, 3.63) is 41.7 Å². The Morgan fingerprint density at radius 1 is 1.42 bits per heavy atom. The molecule has 2 heterocycles. The van der Waals surface area contributed by atoms with E-state index in [4.69, 9.17) is 9.47 Å². The van der Waals surface area contributed by atoms with Gasteiger partial charge in [-0.25, -0.2) is 4.68 Å². The first-order valence-electron chi connectivity index (χ1n) is 8.90. The fraction of sp³-hybridized carbons (Fsp3) is 0.474. The maximum absolute atomic E-state index is 13.0. The van der Waals surface area contributed by atoms with Crippen LogP contribution in [0.2, 0.25) is 0 Å². The minimum absolute atomic E-state index is 0.0697. The second-order valence-corrected chi connectivity index (χ2v) is 6.30. The third-order valence-electron chi connectivity index (χ3n) is 4.66. The van der Waals surface area contributed by atoms with Crippen LogP contribution in [0.5, 0.6) is 5.75 Å². The number of carbonyl (C=O) groups excluding carboxylic acids is 1. The predicted molar refractivity (Wildman–Crippen MR) is 96.7 cm³/mol. The van der Waals surface area contributed by atoms with Gasteiger partial charge in [-0.15, -0.1) is 0 Å². The van der Waals surface area contributed by atoms with E-state index in [2.05, 4.69) is 12.0 Å². The Morgan fingerprint density at radius 3 is 3.00 bits per heavy atom. The topological polar surface area (TPSA) is 76.8 Å². The van der Waals surface area contributed by atoms with Gasteiger partial charge in [-0.2, -0.15) is 5.10 Å². The smallest absolute Gasteiger partial charge is 0.278 e. The first-order valence-corrected chi connectivity index (χ1v) is 8.90. The summed E-state index contributed by atoms with van der Waals surface area (Å²) in [6.45, 7) is 4.03. The zero-order valence-corrected chi connectivity index (χ0v) is 15.2. The highest BCUT2D eigenvalue weighted by atomic mass is 16.5. The summed E-state index contributed by atoms with van der Waals surface area (Å²) in [4.78, 5) is 14.7. The lowest BCUT2D eigenvalue weighted by Crippen LogP contribution is -2.49. The van der Waals surface area contributed by atoms with E-state index in [-0.39, 0.29) is 23.4 Å². The van der Waals surface area contributed by atoms with Crippen LogP contribution in [-0.4, -0.2) is 65.2 Å². The number of para-hydroxylation sites is 1. The maximum atomic E-state index is 13.0. The first kappa shape index (κ1) is 18.4. The molecule has 0 radical (unpaired) electrons. The van der Waals surface area contributed by atoms with Crippen LogP contribution in [-0.2, 0) is 15.9 Å². The van der Waals surface area contributed by atoms with Gasteiger partial charge in [-0.05, 0) is 24.5 Å². The molecule has 3 rings (SSSR count). The second-order valence-electron chi connectivity index (χ2n) is 6.30. The highest BCUT2D eigenvalue weighted by Gasteiger charge is 2.31. The summed E-state index contributed by atoms with van der Waals surface area (Å²) < 4.78 is 12.2. The first-order chi connectivity index (χ1) is 12.7. The zero-order chi connectivity index (χ0) is 18.5. The average molecular weight is 359 g/mol. The van der Waals surface area contributed by atoms with Gasteiger partial charge in [0, 0.05) is 20.3 Å². The zero-order valence-electron chi connectivity index (χ0n) is 15.2. The molecule has 7 heteroatoms. The Morgan fingerprint density at radius 2 is 2.23 bits per heavy atom. The van der Waals surface area contributed by atoms with Crippen LogP contribution in [0.1, 0.15) is 29.4 Å². The molecule has 1 aromatic heterocycles. The van der Waals surface area contributed by atoms with Crippen LogP contribution in [0.3, 0.4) is 0 Å². The van der Waals surface area contributed by atoms with Gasteiger partial charge in [-0.1, -0.05) is 25.1 Å². The lowest BCUT2D eigenvalue weighted by Gasteiger charge is -2.35. The summed E-state index contributed by atoms with van der Waals surface area (Å²) in [5.41, 5.74) is 2.03. The summed E-state index contributed by atoms with van der Waals surface area (Å²) in [6.07, 6.45) is 3.01. The number of benzene rings is 1. The van der Waals surface area contributed by atoms with Gasteiger partial charge in [-0.3, -0.25) is 4.79 Å². The molecule has 1 aliphatic rings. The Bertz CT molecular complexity index is 759. The molecule has 1 atom stereocenters. The van der Waals surface area contributed by atoms with E-state index in [9.17, 15) is 9.90 Å². The largest absolute Gasteiger partial charge is 0.504 e. The number of hydrogen-bond donors (Lipinski definition) is 1. The molecule has 1 aliphatic heterocycles. The lowest BCUT2D eigenvalue weighted by atomic mass is 10.1. The number of amides is 1. The molecule has 1 saturated heterocycles. The molecule has 7 nitrogen and oxygen atoms in total. The molecule has 0 bridgehead atoms. The molecule has 1 N–H and O–H groups in total. The number of morpholine rings is 1. The van der Waals surface area contributed by atoms with Crippen LogP contribution in [0.4, 0.5) is 0 Å². The van der Waals surface area contributed by atoms with Gasteiger partial charge < -0.3 is 19.5 Å². The normalized spacial score (nSPS) is 17.5. The molecular weight excluding hydrogens is 334 g/mol. The SMILES string of the molecule is CCc1ccccc1-n1cc(O)c(C(=O)N2CCOC[C@@H]2CCOC)n1. The number of rotatable bonds is 6. The minimum atomic E-state index is -0.278. The summed E-state index contributed by atoms with van der Waals surface area (Å²) >= 11 is 0. The van der Waals surface area contributed by atoms with Crippen LogP contribution in [0, 0.1) is 0 Å². The number of hydrogen-bond acceptors (Lipinski definition) is 5. The fourth-order valence-corrected chi connectivity index (χ4v) is 3.23. The number of nitrogens with zero attached hydrogens (tertiary/aromatic N) is 3. The minimum Gasteiger partial charge on any atom is -0.504 e. The highest BCUT2D eigenvalue weighted by molar-refractivity contribution is 5.95. The average Bonchev–Trinajstić information content (AvgIpc) is 3.07. The molecule has 1 aromatic carbocycles. The maximum Gasteiger partial charge on any atom is 0.278 e. The van der Waals surface area contributed by atoms with Crippen molar-refractivity contribution in [2.45, 2.75) is 25.8 Å². The standard InChI is InChI=1S/C19H25N3O4/c1-3-14-6-4-5-7-16(14)22-12-17(23)18(20-22)19(24)21-9-11-26-13-15(21)8-10-25-2/h4-7,12,15,23H,3,8-11,13H2,1-2H3/t15-/m0/s1. The van der Waals surface area contributed by atoms with Crippen LogP contribution in [0.15, 0.2) is 30.5 Å². The van der Waals surface area contributed by atoms with Gasteiger partial charge in [0.25, 0.3) is 5.91 Å². The van der Waals surface area contributed by atoms with E-state index in [1.54, 1.807) is 16.7 Å². The summed E-state index contributed by atoms with van der Waals surface area (Å²) in [7, 11) is 1.63. The van der Waals surface area contributed by atoms with Gasteiger partial charge >= 0.3 is 0 Å². The van der Waals surface area contributed by atoms with Crippen molar-refractivity contribution in [1.29, 1.82) is 0 Å². The van der Waals surface area contributed by atoms with Crippen molar-refractivity contribution in [3.8, 4) is 11.4 Å². The highest BCUT2D eigenvalue weighted by Crippen LogP contribution is 2.24. The van der Waals surface area contributed by atoms with Gasteiger partial charge in [0.05, 0.1) is 31.1 Å². The third kappa shape index (κ3) is 3.73. The van der Waals surface area contributed by atoms with Crippen molar-refractivity contribution < 1.29 is 19.4 Å². The Balaban J connectivity index is 1.87. The monoisotopic (exact) mass is 359 g/mol. The van der Waals surface area contributed by atoms with Crippen LogP contribution >= 0.6 is 0 Å². The number of carbonyl (C=O) groups is 1. The summed E-state index contributed by atoms with van der Waals surface area (Å²) in [5.74, 6) is -0.391. The molecule has 1 amide bonds. The van der Waals surface area contributed by atoms with E-state index in [0.29, 0.717) is 32.8 Å². The lowest BCUT2D eigenvalue weighted by molar-refractivity contribution is -0.0108. The quantitative estimate of drug-likeness (QED) is 0.854. The molecule has 1 fully saturated rings. The summed E-state index contributed by atoms with van der Waals surface area (Å²) in [5, 5.41) is 14.7.